The Labute approximate surface area is 115 Å². The van der Waals surface area contributed by atoms with Crippen LogP contribution >= 0.6 is 0 Å². The first-order valence-electron chi connectivity index (χ1n) is 6.83. The fourth-order valence-electron chi connectivity index (χ4n) is 2.75. The van der Waals surface area contributed by atoms with Gasteiger partial charge in [-0.1, -0.05) is 20.8 Å². The third-order valence-electron chi connectivity index (χ3n) is 3.92. The summed E-state index contributed by atoms with van der Waals surface area (Å²) in [5.74, 6) is 0.0971. The van der Waals surface area contributed by atoms with E-state index in [2.05, 4.69) is 0 Å². The van der Waals surface area contributed by atoms with Gasteiger partial charge >= 0.3 is 0 Å². The summed E-state index contributed by atoms with van der Waals surface area (Å²) in [5.41, 5.74) is -0.248. The van der Waals surface area contributed by atoms with Crippen LogP contribution in [0.25, 0.3) is 0 Å². The quantitative estimate of drug-likeness (QED) is 0.717. The molecule has 0 bridgehead atoms. The second-order valence-corrected chi connectivity index (χ2v) is 8.76. The van der Waals surface area contributed by atoms with Crippen LogP contribution < -0.4 is 0 Å². The van der Waals surface area contributed by atoms with E-state index in [4.69, 9.17) is 4.74 Å². The molecule has 2 atom stereocenters. The molecule has 1 amide bonds. The molecule has 5 nitrogen and oxygen atoms in total. The molecule has 1 unspecified atom stereocenters. The number of carbonyl (C=O) groups excluding carboxylic acids is 1. The van der Waals surface area contributed by atoms with Crippen LogP contribution in [-0.2, 0) is 19.4 Å². The maximum atomic E-state index is 12.5. The van der Waals surface area contributed by atoms with Crippen molar-refractivity contribution in [3.63, 3.8) is 0 Å². The maximum Gasteiger partial charge on any atom is 0.252 e. The first-order valence-corrected chi connectivity index (χ1v) is 8.65. The first kappa shape index (κ1) is 14.8. The number of carbonyl (C=O) groups is 1. The minimum Gasteiger partial charge on any atom is -0.368 e. The SMILES string of the molecule is CC(C)(C)C1CS(=O)(=O)CCN1C(=O)[C@H]1CCCO1. The standard InChI is InChI=1S/C13H23NO4S/c1-13(2,3)11-9-19(16,17)8-6-14(11)12(15)10-5-4-7-18-10/h10-11H,4-9H2,1-3H3/t10-,11?/m1/s1. The van der Waals surface area contributed by atoms with E-state index < -0.39 is 9.84 Å². The highest BCUT2D eigenvalue weighted by molar-refractivity contribution is 7.91. The van der Waals surface area contributed by atoms with Crippen LogP contribution in [0.15, 0.2) is 0 Å². The molecule has 0 N–H and O–H groups in total. The van der Waals surface area contributed by atoms with Gasteiger partial charge in [-0.3, -0.25) is 4.79 Å². The first-order chi connectivity index (χ1) is 8.71. The number of hydrogen-bond acceptors (Lipinski definition) is 4. The van der Waals surface area contributed by atoms with E-state index >= 15 is 0 Å². The third-order valence-corrected chi connectivity index (χ3v) is 5.55. The highest BCUT2D eigenvalue weighted by atomic mass is 32.2. The van der Waals surface area contributed by atoms with Crippen LogP contribution in [0.5, 0.6) is 0 Å². The van der Waals surface area contributed by atoms with Crippen LogP contribution in [-0.4, -0.2) is 56.0 Å². The molecule has 0 spiro atoms. The lowest BCUT2D eigenvalue weighted by Gasteiger charge is -2.43. The summed E-state index contributed by atoms with van der Waals surface area (Å²) in [5, 5.41) is 0. The van der Waals surface area contributed by atoms with Crippen molar-refractivity contribution in [1.29, 1.82) is 0 Å². The lowest BCUT2D eigenvalue weighted by atomic mass is 9.86. The van der Waals surface area contributed by atoms with Crippen molar-refractivity contribution in [3.05, 3.63) is 0 Å². The van der Waals surface area contributed by atoms with Gasteiger partial charge in [-0.05, 0) is 18.3 Å². The molecule has 0 aliphatic carbocycles. The van der Waals surface area contributed by atoms with Crippen molar-refractivity contribution in [2.75, 3.05) is 24.7 Å². The Balaban J connectivity index is 2.19. The Morgan fingerprint density at radius 1 is 1.32 bits per heavy atom. The van der Waals surface area contributed by atoms with E-state index in [1.54, 1.807) is 4.90 Å². The van der Waals surface area contributed by atoms with Gasteiger partial charge in [0.1, 0.15) is 6.10 Å². The predicted octanol–water partition coefficient (Wildman–Crippen LogP) is 0.837. The van der Waals surface area contributed by atoms with E-state index in [-0.39, 0.29) is 35.0 Å². The summed E-state index contributed by atoms with van der Waals surface area (Å²) < 4.78 is 29.1. The van der Waals surface area contributed by atoms with E-state index in [0.29, 0.717) is 13.2 Å². The monoisotopic (exact) mass is 289 g/mol. The normalized spacial score (nSPS) is 31.4. The molecule has 0 saturated carbocycles. The highest BCUT2D eigenvalue weighted by Gasteiger charge is 2.42. The van der Waals surface area contributed by atoms with Crippen molar-refractivity contribution < 1.29 is 17.9 Å². The average Bonchev–Trinajstić information content (AvgIpc) is 2.79. The van der Waals surface area contributed by atoms with Gasteiger partial charge in [0.2, 0.25) is 0 Å². The number of nitrogens with zero attached hydrogens (tertiary/aromatic N) is 1. The van der Waals surface area contributed by atoms with Gasteiger partial charge in [0.25, 0.3) is 5.91 Å². The lowest BCUT2D eigenvalue weighted by Crippen LogP contribution is -2.58. The zero-order valence-corrected chi connectivity index (χ0v) is 12.7. The molecule has 2 fully saturated rings. The van der Waals surface area contributed by atoms with Gasteiger partial charge in [-0.15, -0.1) is 0 Å². The minimum atomic E-state index is -3.04. The molecular weight excluding hydrogens is 266 g/mol. The molecule has 2 saturated heterocycles. The summed E-state index contributed by atoms with van der Waals surface area (Å²) in [6.45, 7) is 6.86. The van der Waals surface area contributed by atoms with E-state index in [9.17, 15) is 13.2 Å². The molecule has 110 valence electrons. The number of amides is 1. The predicted molar refractivity (Wildman–Crippen MR) is 72.6 cm³/mol. The molecule has 2 heterocycles. The van der Waals surface area contributed by atoms with Crippen LogP contribution in [0.4, 0.5) is 0 Å². The Kier molecular flexibility index (Phi) is 3.93. The van der Waals surface area contributed by atoms with Crippen LogP contribution in [0, 0.1) is 5.41 Å². The van der Waals surface area contributed by atoms with Gasteiger partial charge in [0, 0.05) is 13.2 Å². The van der Waals surface area contributed by atoms with Gasteiger partial charge in [0.15, 0.2) is 9.84 Å². The highest BCUT2D eigenvalue weighted by Crippen LogP contribution is 2.30. The van der Waals surface area contributed by atoms with Gasteiger partial charge in [0.05, 0.1) is 17.5 Å². The number of sulfone groups is 1. The van der Waals surface area contributed by atoms with E-state index in [0.717, 1.165) is 12.8 Å². The minimum absolute atomic E-state index is 0.0349. The maximum absolute atomic E-state index is 12.5. The zero-order chi connectivity index (χ0) is 14.3. The summed E-state index contributed by atoms with van der Waals surface area (Å²) in [6.07, 6.45) is 1.28. The van der Waals surface area contributed by atoms with Crippen molar-refractivity contribution in [3.8, 4) is 0 Å². The fourth-order valence-corrected chi connectivity index (χ4v) is 4.55. The van der Waals surface area contributed by atoms with Crippen LogP contribution in [0.3, 0.4) is 0 Å². The Morgan fingerprint density at radius 3 is 2.53 bits per heavy atom. The van der Waals surface area contributed by atoms with Gasteiger partial charge < -0.3 is 9.64 Å². The molecule has 0 aromatic rings. The molecule has 6 heteroatoms. The second kappa shape index (κ2) is 5.05. The average molecular weight is 289 g/mol. The number of rotatable bonds is 1. The molecular formula is C13H23NO4S. The number of ether oxygens (including phenoxy) is 1. The summed E-state index contributed by atoms with van der Waals surface area (Å²) in [4.78, 5) is 14.2. The van der Waals surface area contributed by atoms with Gasteiger partial charge in [-0.25, -0.2) is 8.42 Å². The van der Waals surface area contributed by atoms with Crippen LogP contribution in [0.2, 0.25) is 0 Å². The van der Waals surface area contributed by atoms with Crippen LogP contribution in [0.1, 0.15) is 33.6 Å². The van der Waals surface area contributed by atoms with Crippen molar-refractivity contribution >= 4 is 15.7 Å². The molecule has 2 rings (SSSR count). The molecule has 0 aromatic carbocycles. The Bertz CT molecular complexity index is 446. The summed E-state index contributed by atoms with van der Waals surface area (Å²) >= 11 is 0. The van der Waals surface area contributed by atoms with Crippen molar-refractivity contribution in [1.82, 2.24) is 4.90 Å². The third kappa shape index (κ3) is 3.28. The molecule has 19 heavy (non-hydrogen) atoms. The lowest BCUT2D eigenvalue weighted by molar-refractivity contribution is -0.145. The number of hydrogen-bond donors (Lipinski definition) is 0. The second-order valence-electron chi connectivity index (χ2n) is 6.53. The summed E-state index contributed by atoms with van der Waals surface area (Å²) in [7, 11) is -3.04. The summed E-state index contributed by atoms with van der Waals surface area (Å²) in [6, 6.07) is -0.261. The van der Waals surface area contributed by atoms with Gasteiger partial charge in [-0.2, -0.15) is 0 Å². The van der Waals surface area contributed by atoms with Crippen molar-refractivity contribution in [2.45, 2.75) is 45.8 Å². The zero-order valence-electron chi connectivity index (χ0n) is 11.9. The largest absolute Gasteiger partial charge is 0.368 e. The topological polar surface area (TPSA) is 63.7 Å². The van der Waals surface area contributed by atoms with Crippen molar-refractivity contribution in [2.24, 2.45) is 5.41 Å². The Hall–Kier alpha value is -0.620. The molecule has 2 aliphatic heterocycles. The molecule has 0 aromatic heterocycles. The van der Waals surface area contributed by atoms with E-state index in [1.165, 1.54) is 0 Å². The Morgan fingerprint density at radius 2 is 2.00 bits per heavy atom. The fraction of sp³-hybridized carbons (Fsp3) is 0.923. The van der Waals surface area contributed by atoms with E-state index in [1.807, 2.05) is 20.8 Å². The smallest absolute Gasteiger partial charge is 0.252 e. The molecule has 0 radical (unpaired) electrons. The molecule has 2 aliphatic rings.